The highest BCUT2D eigenvalue weighted by Crippen LogP contribution is 2.58. The van der Waals surface area contributed by atoms with E-state index in [1.807, 2.05) is 0 Å². The summed E-state index contributed by atoms with van der Waals surface area (Å²) in [7, 11) is -3.48. The topological polar surface area (TPSA) is 108 Å². The fraction of sp³-hybridized carbons (Fsp3) is 0.560. The van der Waals surface area contributed by atoms with Gasteiger partial charge in [-0.2, -0.15) is 4.98 Å². The predicted molar refractivity (Wildman–Crippen MR) is 139 cm³/mol. The summed E-state index contributed by atoms with van der Waals surface area (Å²) in [6, 6.07) is 6.51. The van der Waals surface area contributed by atoms with Crippen LogP contribution < -0.4 is 19.8 Å². The molecule has 2 N–H and O–H groups in total. The molecular weight excluding hydrogens is 502 g/mol. The lowest BCUT2D eigenvalue weighted by Gasteiger charge is -2.33. The number of sulfonamides is 1. The van der Waals surface area contributed by atoms with E-state index in [1.165, 1.54) is 0 Å². The number of amides is 1. The van der Waals surface area contributed by atoms with Crippen LogP contribution in [0.4, 0.5) is 31.9 Å². The maximum absolute atomic E-state index is 13.6. The lowest BCUT2D eigenvalue weighted by molar-refractivity contribution is -0.0222. The summed E-state index contributed by atoms with van der Waals surface area (Å²) in [5.74, 6) is -1.93. The number of anilines is 4. The Hall–Kier alpha value is -3.02. The fourth-order valence-electron chi connectivity index (χ4n) is 5.30. The summed E-state index contributed by atoms with van der Waals surface area (Å²) in [6.45, 7) is 5.89. The molecule has 1 aromatic carbocycles. The fourth-order valence-corrected chi connectivity index (χ4v) is 5.86. The van der Waals surface area contributed by atoms with Crippen molar-refractivity contribution in [3.05, 3.63) is 35.5 Å². The first-order chi connectivity index (χ1) is 17.3. The maximum atomic E-state index is 13.6. The summed E-state index contributed by atoms with van der Waals surface area (Å²) < 4.78 is 53.3. The van der Waals surface area contributed by atoms with Gasteiger partial charge >= 0.3 is 0 Å². The van der Waals surface area contributed by atoms with E-state index in [2.05, 4.69) is 31.8 Å². The number of fused-ring (bicyclic) bond motifs is 1. The van der Waals surface area contributed by atoms with Crippen LogP contribution >= 0.6 is 0 Å². The molecule has 1 saturated carbocycles. The van der Waals surface area contributed by atoms with Crippen LogP contribution in [-0.2, 0) is 10.0 Å². The highest BCUT2D eigenvalue weighted by molar-refractivity contribution is 7.92. The van der Waals surface area contributed by atoms with E-state index in [9.17, 15) is 22.0 Å². The molecule has 12 heteroatoms. The number of hydrogen-bond donors (Lipinski definition) is 2. The smallest absolute Gasteiger partial charge is 0.258 e. The highest BCUT2D eigenvalue weighted by Gasteiger charge is 2.52. The number of alkyl halides is 2. The Labute approximate surface area is 215 Å². The van der Waals surface area contributed by atoms with E-state index in [1.54, 1.807) is 36.1 Å². The second-order valence-electron chi connectivity index (χ2n) is 10.8. The van der Waals surface area contributed by atoms with Crippen molar-refractivity contribution >= 4 is 39.1 Å². The van der Waals surface area contributed by atoms with Gasteiger partial charge in [0.05, 0.1) is 23.2 Å². The lowest BCUT2D eigenvalue weighted by Crippen LogP contribution is -2.40. The zero-order valence-corrected chi connectivity index (χ0v) is 22.0. The maximum Gasteiger partial charge on any atom is 0.258 e. The number of aromatic nitrogens is 2. The van der Waals surface area contributed by atoms with Crippen LogP contribution in [0.5, 0.6) is 0 Å². The van der Waals surface area contributed by atoms with Crippen LogP contribution in [-0.4, -0.2) is 62.7 Å². The summed E-state index contributed by atoms with van der Waals surface area (Å²) in [6.07, 6.45) is 2.71. The molecule has 0 spiro atoms. The number of halogens is 2. The van der Waals surface area contributed by atoms with Gasteiger partial charge in [-0.25, -0.2) is 22.2 Å². The summed E-state index contributed by atoms with van der Waals surface area (Å²) in [4.78, 5) is 26.1. The van der Waals surface area contributed by atoms with E-state index >= 15 is 0 Å². The Kier molecular flexibility index (Phi) is 6.28. The monoisotopic (exact) mass is 534 g/mol. The molecule has 0 unspecified atom stereocenters. The molecular formula is C25H32F2N6O3S. The van der Waals surface area contributed by atoms with Gasteiger partial charge < -0.3 is 15.1 Å². The Bertz CT molecular complexity index is 1330. The van der Waals surface area contributed by atoms with Crippen molar-refractivity contribution in [3.63, 3.8) is 0 Å². The van der Waals surface area contributed by atoms with Crippen LogP contribution in [0.15, 0.2) is 24.3 Å². The number of nitrogens with one attached hydrogen (secondary N) is 2. The number of hydrogen-bond acceptors (Lipinski definition) is 7. The molecule has 2 atom stereocenters. The van der Waals surface area contributed by atoms with Gasteiger partial charge in [0.15, 0.2) is 0 Å². The van der Waals surface area contributed by atoms with Crippen molar-refractivity contribution in [2.45, 2.75) is 45.5 Å². The third-order valence-corrected chi connectivity index (χ3v) is 8.29. The first kappa shape index (κ1) is 25.6. The number of nitrogens with zero attached hydrogens (tertiary/aromatic N) is 4. The van der Waals surface area contributed by atoms with Crippen LogP contribution in [0.3, 0.4) is 0 Å². The molecule has 2 saturated heterocycles. The minimum atomic E-state index is -3.48. The number of carbonyl (C=O) groups excluding carboxylic acids is 1. The Morgan fingerprint density at radius 3 is 2.46 bits per heavy atom. The van der Waals surface area contributed by atoms with Gasteiger partial charge in [0.25, 0.3) is 11.8 Å². The lowest BCUT2D eigenvalue weighted by atomic mass is 9.96. The van der Waals surface area contributed by atoms with E-state index in [0.717, 1.165) is 32.2 Å². The molecule has 1 aliphatic carbocycles. The number of piperidine rings is 2. The average molecular weight is 535 g/mol. The van der Waals surface area contributed by atoms with E-state index in [0.29, 0.717) is 39.9 Å². The predicted octanol–water partition coefficient (Wildman–Crippen LogP) is 3.88. The first-order valence-corrected chi connectivity index (χ1v) is 14.4. The van der Waals surface area contributed by atoms with Gasteiger partial charge in [0.1, 0.15) is 5.82 Å². The quantitative estimate of drug-likeness (QED) is 0.579. The molecule has 3 aliphatic rings. The van der Waals surface area contributed by atoms with Crippen molar-refractivity contribution in [2.75, 3.05) is 52.3 Å². The van der Waals surface area contributed by atoms with Gasteiger partial charge in [-0.3, -0.25) is 9.52 Å². The van der Waals surface area contributed by atoms with Crippen LogP contribution in [0.2, 0.25) is 0 Å². The van der Waals surface area contributed by atoms with Gasteiger partial charge in [-0.05, 0) is 49.3 Å². The Balaban J connectivity index is 1.40. The first-order valence-electron chi connectivity index (χ1n) is 12.5. The molecule has 1 aromatic heterocycles. The molecule has 1 amide bonds. The van der Waals surface area contributed by atoms with Crippen LogP contribution in [0, 0.1) is 18.3 Å². The van der Waals surface area contributed by atoms with Crippen molar-refractivity contribution in [1.82, 2.24) is 9.97 Å². The molecule has 9 nitrogen and oxygen atoms in total. The normalized spacial score (nSPS) is 24.8. The molecule has 3 heterocycles. The Morgan fingerprint density at radius 2 is 1.78 bits per heavy atom. The molecule has 5 rings (SSSR count). The summed E-state index contributed by atoms with van der Waals surface area (Å²) in [5, 5.41) is 2.84. The third-order valence-electron chi connectivity index (χ3n) is 7.68. The minimum absolute atomic E-state index is 0.137. The van der Waals surface area contributed by atoms with Gasteiger partial charge in [-0.1, -0.05) is 6.92 Å². The number of benzene rings is 1. The highest BCUT2D eigenvalue weighted by atomic mass is 32.2. The number of rotatable bonds is 6. The molecule has 2 aliphatic heterocycles. The van der Waals surface area contributed by atoms with Crippen molar-refractivity contribution in [1.29, 1.82) is 0 Å². The second-order valence-corrected chi connectivity index (χ2v) is 12.6. The SMILES string of the molecule is Cc1cc(NC(=O)c2ccc(NS(C)(=O)=O)cc2N2CC[C@]3(C)C[C@@H]3C2)nc(N2CCC(F)(F)CC2)n1. The second kappa shape index (κ2) is 9.07. The van der Waals surface area contributed by atoms with Crippen LogP contribution in [0.25, 0.3) is 0 Å². The van der Waals surface area contributed by atoms with Gasteiger partial charge in [0.2, 0.25) is 16.0 Å². The average Bonchev–Trinajstić information content (AvgIpc) is 3.48. The van der Waals surface area contributed by atoms with Crippen molar-refractivity contribution < 1.29 is 22.0 Å². The molecule has 3 fully saturated rings. The van der Waals surface area contributed by atoms with E-state index < -0.39 is 15.9 Å². The minimum Gasteiger partial charge on any atom is -0.371 e. The third kappa shape index (κ3) is 5.78. The van der Waals surface area contributed by atoms with Crippen molar-refractivity contribution in [2.24, 2.45) is 11.3 Å². The van der Waals surface area contributed by atoms with Gasteiger partial charge in [-0.15, -0.1) is 0 Å². The Morgan fingerprint density at radius 1 is 1.08 bits per heavy atom. The number of carbonyl (C=O) groups is 1. The standard InChI is InChI=1S/C25H32F2N6O3S/c1-16-12-21(30-23(28-16)32-10-7-25(26,27)8-11-32)29-22(34)19-5-4-18(31-37(3,35)36)13-20(19)33-9-6-24(2)14-17(24)15-33/h4-5,12-13,17,31H,6-11,14-15H2,1-3H3,(H,28,29,30,34)/t17-,24-/m1/s1. The number of aryl methyl sites for hydroxylation is 1. The van der Waals surface area contributed by atoms with Crippen LogP contribution in [0.1, 0.15) is 48.7 Å². The zero-order chi connectivity index (χ0) is 26.6. The molecule has 200 valence electrons. The zero-order valence-electron chi connectivity index (χ0n) is 21.2. The molecule has 0 radical (unpaired) electrons. The summed E-state index contributed by atoms with van der Waals surface area (Å²) >= 11 is 0. The molecule has 0 bridgehead atoms. The largest absolute Gasteiger partial charge is 0.371 e. The molecule has 2 aromatic rings. The van der Waals surface area contributed by atoms with Gasteiger partial charge in [0, 0.05) is 50.8 Å². The summed E-state index contributed by atoms with van der Waals surface area (Å²) in [5.41, 5.74) is 2.41. The van der Waals surface area contributed by atoms with E-state index in [-0.39, 0.29) is 37.7 Å². The van der Waals surface area contributed by atoms with Crippen molar-refractivity contribution in [3.8, 4) is 0 Å². The van der Waals surface area contributed by atoms with E-state index in [4.69, 9.17) is 0 Å². The molecule has 37 heavy (non-hydrogen) atoms.